The second kappa shape index (κ2) is 1.71. The fraction of sp³-hybridized carbons (Fsp3) is 1.00. The average Bonchev–Trinajstić information content (AvgIpc) is 2.17. The molecule has 0 bridgehead atoms. The molecule has 0 amide bonds. The number of epoxide rings is 1. The van der Waals surface area contributed by atoms with E-state index >= 15 is 0 Å². The Morgan fingerprint density at radius 2 is 2.12 bits per heavy atom. The molecule has 1 heterocycles. The molecule has 0 aromatic heterocycles. The van der Waals surface area contributed by atoms with Gasteiger partial charge in [0, 0.05) is 6.54 Å². The van der Waals surface area contributed by atoms with E-state index in [9.17, 15) is 0 Å². The molecule has 2 heteroatoms. The van der Waals surface area contributed by atoms with E-state index in [0.29, 0.717) is 0 Å². The Morgan fingerprint density at radius 1 is 1.62 bits per heavy atom. The van der Waals surface area contributed by atoms with Crippen molar-refractivity contribution in [1.29, 1.82) is 0 Å². The predicted molar refractivity (Wildman–Crippen MR) is 32.9 cm³/mol. The molecule has 1 aliphatic rings. The molecule has 0 aromatic carbocycles. The van der Waals surface area contributed by atoms with Crippen LogP contribution in [0.25, 0.3) is 0 Å². The highest BCUT2D eigenvalue weighted by molar-refractivity contribution is 4.88. The summed E-state index contributed by atoms with van der Waals surface area (Å²) in [6, 6.07) is 0. The fourth-order valence-electron chi connectivity index (χ4n) is 0.883. The molecule has 1 unspecified atom stereocenters. The maximum Gasteiger partial charge on any atom is 0.101 e. The summed E-state index contributed by atoms with van der Waals surface area (Å²) in [7, 11) is 4.12. The van der Waals surface area contributed by atoms with Crippen molar-refractivity contribution in [3.05, 3.63) is 0 Å². The van der Waals surface area contributed by atoms with Crippen molar-refractivity contribution >= 4 is 0 Å². The SMILES string of the molecule is CN(C)CC1(C)CO1. The molecule has 0 radical (unpaired) electrons. The quantitative estimate of drug-likeness (QED) is 0.482. The fourth-order valence-corrected chi connectivity index (χ4v) is 0.883. The number of rotatable bonds is 2. The molecule has 1 saturated heterocycles. The summed E-state index contributed by atoms with van der Waals surface area (Å²) in [5.41, 5.74) is 0.198. The Hall–Kier alpha value is -0.0800. The van der Waals surface area contributed by atoms with Gasteiger partial charge in [-0.05, 0) is 21.0 Å². The summed E-state index contributed by atoms with van der Waals surface area (Å²) < 4.78 is 5.17. The van der Waals surface area contributed by atoms with Gasteiger partial charge in [-0.1, -0.05) is 0 Å². The van der Waals surface area contributed by atoms with Crippen molar-refractivity contribution in [3.63, 3.8) is 0 Å². The number of hydrogen-bond acceptors (Lipinski definition) is 2. The molecule has 0 N–H and O–H groups in total. The summed E-state index contributed by atoms with van der Waals surface area (Å²) in [6.07, 6.45) is 0. The van der Waals surface area contributed by atoms with Crippen molar-refractivity contribution in [2.75, 3.05) is 27.2 Å². The minimum Gasteiger partial charge on any atom is -0.369 e. The Bertz CT molecular complexity index is 86.5. The van der Waals surface area contributed by atoms with E-state index in [1.54, 1.807) is 0 Å². The van der Waals surface area contributed by atoms with Gasteiger partial charge in [-0.3, -0.25) is 0 Å². The Kier molecular flexibility index (Phi) is 1.29. The number of hydrogen-bond donors (Lipinski definition) is 0. The zero-order valence-corrected chi connectivity index (χ0v) is 5.77. The van der Waals surface area contributed by atoms with E-state index in [-0.39, 0.29) is 5.60 Å². The highest BCUT2D eigenvalue weighted by Gasteiger charge is 2.39. The van der Waals surface area contributed by atoms with Crippen LogP contribution in [-0.2, 0) is 4.74 Å². The van der Waals surface area contributed by atoms with Crippen LogP contribution in [0, 0.1) is 0 Å². The Balaban J connectivity index is 2.19. The van der Waals surface area contributed by atoms with Gasteiger partial charge < -0.3 is 9.64 Å². The molecule has 8 heavy (non-hydrogen) atoms. The predicted octanol–water partition coefficient (Wildman–Crippen LogP) is 0.337. The van der Waals surface area contributed by atoms with Crippen LogP contribution in [0.3, 0.4) is 0 Å². The largest absolute Gasteiger partial charge is 0.369 e. The van der Waals surface area contributed by atoms with Crippen molar-refractivity contribution in [2.24, 2.45) is 0 Å². The lowest BCUT2D eigenvalue weighted by Crippen LogP contribution is -2.25. The highest BCUT2D eigenvalue weighted by Crippen LogP contribution is 2.25. The van der Waals surface area contributed by atoms with Crippen molar-refractivity contribution < 1.29 is 4.74 Å². The number of likely N-dealkylation sites (N-methyl/N-ethyl adjacent to an activating group) is 1. The van der Waals surface area contributed by atoms with Crippen LogP contribution in [0.2, 0.25) is 0 Å². The number of nitrogens with zero attached hydrogens (tertiary/aromatic N) is 1. The first kappa shape index (κ1) is 6.05. The second-order valence-corrected chi connectivity index (χ2v) is 2.98. The maximum absolute atomic E-state index is 5.17. The molecule has 2 nitrogen and oxygen atoms in total. The van der Waals surface area contributed by atoms with Crippen molar-refractivity contribution in [3.8, 4) is 0 Å². The third-order valence-electron chi connectivity index (χ3n) is 1.29. The molecule has 1 rings (SSSR count). The molecule has 1 atom stereocenters. The summed E-state index contributed by atoms with van der Waals surface area (Å²) >= 11 is 0. The van der Waals surface area contributed by atoms with Gasteiger partial charge in [0.2, 0.25) is 0 Å². The van der Waals surface area contributed by atoms with Crippen LogP contribution in [0.15, 0.2) is 0 Å². The molecule has 0 aliphatic carbocycles. The van der Waals surface area contributed by atoms with Crippen LogP contribution in [0.4, 0.5) is 0 Å². The first-order valence-corrected chi connectivity index (χ1v) is 2.91. The number of ether oxygens (including phenoxy) is 1. The van der Waals surface area contributed by atoms with Crippen LogP contribution in [-0.4, -0.2) is 37.7 Å². The van der Waals surface area contributed by atoms with E-state index in [1.165, 1.54) is 0 Å². The molecule has 1 aliphatic heterocycles. The standard InChI is InChI=1S/C6H13NO/c1-6(5-8-6)4-7(2)3/h4-5H2,1-3H3. The lowest BCUT2D eigenvalue weighted by Gasteiger charge is -2.11. The van der Waals surface area contributed by atoms with Gasteiger partial charge in [0.25, 0.3) is 0 Å². The smallest absolute Gasteiger partial charge is 0.101 e. The monoisotopic (exact) mass is 115 g/mol. The van der Waals surface area contributed by atoms with Gasteiger partial charge in [-0.2, -0.15) is 0 Å². The minimum absolute atomic E-state index is 0.198. The van der Waals surface area contributed by atoms with Gasteiger partial charge in [-0.25, -0.2) is 0 Å². The van der Waals surface area contributed by atoms with Crippen molar-refractivity contribution in [1.82, 2.24) is 4.90 Å². The van der Waals surface area contributed by atoms with E-state index in [1.807, 2.05) is 0 Å². The van der Waals surface area contributed by atoms with Gasteiger partial charge in [0.05, 0.1) is 6.61 Å². The van der Waals surface area contributed by atoms with Crippen LogP contribution in [0.1, 0.15) is 6.92 Å². The molecule has 1 fully saturated rings. The first-order valence-electron chi connectivity index (χ1n) is 2.91. The molecule has 0 aromatic rings. The summed E-state index contributed by atoms with van der Waals surface area (Å²) in [4.78, 5) is 2.15. The molecule has 0 spiro atoms. The van der Waals surface area contributed by atoms with E-state index in [0.717, 1.165) is 13.2 Å². The van der Waals surface area contributed by atoms with Gasteiger partial charge >= 0.3 is 0 Å². The summed E-state index contributed by atoms with van der Waals surface area (Å²) in [6.45, 7) is 4.12. The lowest BCUT2D eigenvalue weighted by molar-refractivity contribution is 0.251. The Morgan fingerprint density at radius 3 is 2.25 bits per heavy atom. The normalized spacial score (nSPS) is 36.0. The van der Waals surface area contributed by atoms with E-state index < -0.39 is 0 Å². The van der Waals surface area contributed by atoms with Gasteiger partial charge in [-0.15, -0.1) is 0 Å². The average molecular weight is 115 g/mol. The maximum atomic E-state index is 5.17. The molecular weight excluding hydrogens is 102 g/mol. The van der Waals surface area contributed by atoms with E-state index in [2.05, 4.69) is 25.9 Å². The van der Waals surface area contributed by atoms with Crippen LogP contribution >= 0.6 is 0 Å². The van der Waals surface area contributed by atoms with Crippen LogP contribution in [0.5, 0.6) is 0 Å². The summed E-state index contributed by atoms with van der Waals surface area (Å²) in [5.74, 6) is 0. The molecular formula is C6H13NO. The van der Waals surface area contributed by atoms with E-state index in [4.69, 9.17) is 4.74 Å². The third kappa shape index (κ3) is 1.46. The third-order valence-corrected chi connectivity index (χ3v) is 1.29. The zero-order valence-electron chi connectivity index (χ0n) is 5.77. The second-order valence-electron chi connectivity index (χ2n) is 2.98. The molecule has 48 valence electrons. The minimum atomic E-state index is 0.198. The summed E-state index contributed by atoms with van der Waals surface area (Å²) in [5, 5.41) is 0. The highest BCUT2D eigenvalue weighted by atomic mass is 16.6. The topological polar surface area (TPSA) is 15.8 Å². The van der Waals surface area contributed by atoms with Gasteiger partial charge in [0.1, 0.15) is 5.60 Å². The zero-order chi connectivity index (χ0) is 6.20. The Labute approximate surface area is 50.4 Å². The lowest BCUT2D eigenvalue weighted by atomic mass is 10.2. The molecule has 0 saturated carbocycles. The van der Waals surface area contributed by atoms with Crippen molar-refractivity contribution in [2.45, 2.75) is 12.5 Å². The first-order chi connectivity index (χ1) is 3.62. The van der Waals surface area contributed by atoms with Gasteiger partial charge in [0.15, 0.2) is 0 Å². The van der Waals surface area contributed by atoms with Crippen LogP contribution < -0.4 is 0 Å².